The molecule has 2 aromatic heterocycles. The maximum Gasteiger partial charge on any atom is 0.298 e. The molecule has 0 unspecified atom stereocenters. The number of carbonyl (C=O) groups is 2. The number of benzene rings is 2. The maximum absolute atomic E-state index is 13.3. The van der Waals surface area contributed by atoms with Gasteiger partial charge in [-0.25, -0.2) is 4.98 Å². The number of ether oxygens (including phenoxy) is 1. The van der Waals surface area contributed by atoms with Crippen molar-refractivity contribution in [1.82, 2.24) is 9.55 Å². The molecule has 39 heavy (non-hydrogen) atoms. The molecule has 10 heteroatoms. The normalized spacial score (nSPS) is 16.1. The number of aryl methyl sites for hydroxylation is 1. The second-order valence-corrected chi connectivity index (χ2v) is 10.7. The van der Waals surface area contributed by atoms with Crippen molar-refractivity contribution in [3.63, 3.8) is 0 Å². The molecule has 2 aliphatic rings. The van der Waals surface area contributed by atoms with E-state index in [9.17, 15) is 9.59 Å². The molecule has 1 fully saturated rings. The Hall–Kier alpha value is -4.62. The van der Waals surface area contributed by atoms with Crippen molar-refractivity contribution < 1.29 is 14.3 Å². The number of aromatic nitrogens is 2. The molecule has 196 valence electrons. The Morgan fingerprint density at radius 3 is 2.74 bits per heavy atom. The fraction of sp³-hybridized carbons (Fsp3) is 0.241. The zero-order valence-corrected chi connectivity index (χ0v) is 22.4. The molecule has 0 aliphatic carbocycles. The number of carbonyl (C=O) groups excluding carboxylic acids is 2. The first kappa shape index (κ1) is 24.7. The third-order valence-corrected chi connectivity index (χ3v) is 8.26. The molecule has 4 aromatic rings. The van der Waals surface area contributed by atoms with Gasteiger partial charge in [0, 0.05) is 49.7 Å². The van der Waals surface area contributed by atoms with Gasteiger partial charge in [0.1, 0.15) is 29.0 Å². The fourth-order valence-corrected chi connectivity index (χ4v) is 5.97. The Bertz CT molecular complexity index is 1620. The number of anilines is 3. The van der Waals surface area contributed by atoms with Gasteiger partial charge in [0.2, 0.25) is 0 Å². The number of piperazine rings is 1. The van der Waals surface area contributed by atoms with Crippen LogP contribution in [0.1, 0.15) is 21.1 Å². The summed E-state index contributed by atoms with van der Waals surface area (Å²) in [6.07, 6.45) is 1.61. The van der Waals surface area contributed by atoms with Crippen LogP contribution in [0.5, 0.6) is 5.75 Å². The SMILES string of the molecule is Cc1cc(-c2ccccc2)c(C(=O)C(=O)Nc2ccc3c(c2)OC[C@@H]2CN(c4ncc(C#N)s4)CCN32)n1C. The van der Waals surface area contributed by atoms with E-state index >= 15 is 0 Å². The number of nitrogens with one attached hydrogen (secondary N) is 1. The number of Topliss-reactive ketones (excluding diaryl/α,β-unsaturated/α-hetero) is 1. The number of fused-ring (bicyclic) bond motifs is 3. The van der Waals surface area contributed by atoms with Crippen LogP contribution >= 0.6 is 11.3 Å². The monoisotopic (exact) mass is 538 g/mol. The van der Waals surface area contributed by atoms with E-state index in [0.717, 1.165) is 47.3 Å². The quantitative estimate of drug-likeness (QED) is 0.299. The largest absolute Gasteiger partial charge is 0.489 e. The van der Waals surface area contributed by atoms with Crippen molar-refractivity contribution in [3.05, 3.63) is 77.1 Å². The first-order chi connectivity index (χ1) is 18.9. The van der Waals surface area contributed by atoms with Gasteiger partial charge in [-0.2, -0.15) is 5.26 Å². The fourth-order valence-electron chi connectivity index (χ4n) is 5.22. The van der Waals surface area contributed by atoms with Gasteiger partial charge in [-0.15, -0.1) is 0 Å². The minimum atomic E-state index is -0.698. The van der Waals surface area contributed by atoms with Gasteiger partial charge in [-0.05, 0) is 30.7 Å². The van der Waals surface area contributed by atoms with Gasteiger partial charge in [-0.3, -0.25) is 9.59 Å². The van der Waals surface area contributed by atoms with E-state index in [4.69, 9.17) is 10.00 Å². The number of ketones is 1. The van der Waals surface area contributed by atoms with Gasteiger partial charge >= 0.3 is 0 Å². The Kier molecular flexibility index (Phi) is 6.29. The Morgan fingerprint density at radius 2 is 1.97 bits per heavy atom. The molecule has 1 N–H and O–H groups in total. The highest BCUT2D eigenvalue weighted by Crippen LogP contribution is 2.38. The lowest BCUT2D eigenvalue weighted by Crippen LogP contribution is -2.57. The zero-order chi connectivity index (χ0) is 27.1. The van der Waals surface area contributed by atoms with Crippen LogP contribution in [0.15, 0.2) is 60.8 Å². The molecule has 2 aliphatic heterocycles. The summed E-state index contributed by atoms with van der Waals surface area (Å²) < 4.78 is 7.85. The summed E-state index contributed by atoms with van der Waals surface area (Å²) in [5.41, 5.74) is 4.32. The van der Waals surface area contributed by atoms with Gasteiger partial charge in [-0.1, -0.05) is 41.7 Å². The van der Waals surface area contributed by atoms with E-state index in [1.54, 1.807) is 29.9 Å². The van der Waals surface area contributed by atoms with Gasteiger partial charge in [0.15, 0.2) is 5.13 Å². The van der Waals surface area contributed by atoms with E-state index in [2.05, 4.69) is 26.2 Å². The number of thiazole rings is 1. The van der Waals surface area contributed by atoms with Crippen LogP contribution in [0.3, 0.4) is 0 Å². The van der Waals surface area contributed by atoms with E-state index in [0.29, 0.717) is 28.6 Å². The number of amides is 1. The Labute approximate surface area is 229 Å². The predicted molar refractivity (Wildman–Crippen MR) is 151 cm³/mol. The van der Waals surface area contributed by atoms with E-state index in [1.165, 1.54) is 11.3 Å². The van der Waals surface area contributed by atoms with Crippen molar-refractivity contribution >= 4 is 39.5 Å². The van der Waals surface area contributed by atoms with Crippen molar-refractivity contribution in [3.8, 4) is 22.9 Å². The number of rotatable bonds is 5. The topological polar surface area (TPSA) is 103 Å². The predicted octanol–water partition coefficient (Wildman–Crippen LogP) is 4.24. The highest BCUT2D eigenvalue weighted by Gasteiger charge is 2.34. The number of hydrogen-bond acceptors (Lipinski definition) is 8. The Morgan fingerprint density at radius 1 is 1.15 bits per heavy atom. The summed E-state index contributed by atoms with van der Waals surface area (Å²) in [7, 11) is 1.79. The minimum Gasteiger partial charge on any atom is -0.489 e. The molecule has 1 atom stereocenters. The molecule has 0 spiro atoms. The summed E-state index contributed by atoms with van der Waals surface area (Å²) in [4.78, 5) is 35.9. The lowest BCUT2D eigenvalue weighted by atomic mass is 10.0. The van der Waals surface area contributed by atoms with Crippen LogP contribution in [0.4, 0.5) is 16.5 Å². The molecule has 1 saturated heterocycles. The molecule has 0 saturated carbocycles. The maximum atomic E-state index is 13.3. The highest BCUT2D eigenvalue weighted by atomic mass is 32.1. The zero-order valence-electron chi connectivity index (χ0n) is 21.5. The van der Waals surface area contributed by atoms with Crippen molar-refractivity contribution in [2.24, 2.45) is 7.05 Å². The number of nitriles is 1. The summed E-state index contributed by atoms with van der Waals surface area (Å²) in [6, 6.07) is 19.3. The van der Waals surface area contributed by atoms with Gasteiger partial charge < -0.3 is 24.4 Å². The van der Waals surface area contributed by atoms with Crippen LogP contribution in [0.2, 0.25) is 0 Å². The lowest BCUT2D eigenvalue weighted by Gasteiger charge is -2.45. The van der Waals surface area contributed by atoms with Crippen molar-refractivity contribution in [1.29, 1.82) is 5.26 Å². The van der Waals surface area contributed by atoms with Crippen molar-refractivity contribution in [2.45, 2.75) is 13.0 Å². The average Bonchev–Trinajstić information content (AvgIpc) is 3.57. The third kappa shape index (κ3) is 4.51. The summed E-state index contributed by atoms with van der Waals surface area (Å²) >= 11 is 1.40. The number of hydrogen-bond donors (Lipinski definition) is 1. The average molecular weight is 539 g/mol. The second-order valence-electron chi connectivity index (χ2n) is 9.66. The van der Waals surface area contributed by atoms with Crippen LogP contribution < -0.4 is 19.9 Å². The van der Waals surface area contributed by atoms with E-state index < -0.39 is 11.7 Å². The summed E-state index contributed by atoms with van der Waals surface area (Å²) in [5, 5.41) is 12.7. The van der Waals surface area contributed by atoms with Crippen LogP contribution in [-0.2, 0) is 11.8 Å². The van der Waals surface area contributed by atoms with Crippen LogP contribution in [0.25, 0.3) is 11.1 Å². The molecule has 6 rings (SSSR count). The first-order valence-electron chi connectivity index (χ1n) is 12.6. The Balaban J connectivity index is 1.18. The highest BCUT2D eigenvalue weighted by molar-refractivity contribution is 7.16. The molecule has 1 amide bonds. The van der Waals surface area contributed by atoms with Gasteiger partial charge in [0.25, 0.3) is 11.7 Å². The molecule has 4 heterocycles. The summed E-state index contributed by atoms with van der Waals surface area (Å²) in [6.45, 7) is 4.70. The standard InChI is InChI=1S/C29H26N6O3S/c1-18-12-23(19-6-4-3-5-7-19)26(33(18)2)27(36)28(37)32-20-8-9-24-25(13-20)38-17-21-16-34(10-11-35(21)24)29-31-15-22(14-30)39-29/h3-9,12-13,15,21H,10-11,16-17H2,1-2H3,(H,32,37)/t21-/m0/s1. The minimum absolute atomic E-state index is 0.139. The van der Waals surface area contributed by atoms with Crippen LogP contribution in [0, 0.1) is 18.3 Å². The van der Waals surface area contributed by atoms with Crippen LogP contribution in [-0.4, -0.2) is 53.5 Å². The molecule has 2 aromatic carbocycles. The lowest BCUT2D eigenvalue weighted by molar-refractivity contribution is -0.112. The van der Waals surface area contributed by atoms with E-state index in [-0.39, 0.29) is 6.04 Å². The first-order valence-corrected chi connectivity index (χ1v) is 13.5. The van der Waals surface area contributed by atoms with Crippen molar-refractivity contribution in [2.75, 3.05) is 41.4 Å². The second kappa shape index (κ2) is 9.93. The number of nitrogens with zero attached hydrogens (tertiary/aromatic N) is 5. The summed E-state index contributed by atoms with van der Waals surface area (Å²) in [5.74, 6) is -0.623. The molecule has 9 nitrogen and oxygen atoms in total. The smallest absolute Gasteiger partial charge is 0.298 e. The molecular formula is C29H26N6O3S. The van der Waals surface area contributed by atoms with E-state index in [1.807, 2.05) is 49.4 Å². The molecule has 0 radical (unpaired) electrons. The molecule has 0 bridgehead atoms. The molecular weight excluding hydrogens is 512 g/mol. The third-order valence-electron chi connectivity index (χ3n) is 7.29. The van der Waals surface area contributed by atoms with Gasteiger partial charge in [0.05, 0.1) is 17.9 Å².